The first kappa shape index (κ1) is 18.1. The fraction of sp³-hybridized carbons (Fsp3) is 0.208. The molecule has 4 rings (SSSR count). The lowest BCUT2D eigenvalue weighted by Gasteiger charge is -2.18. The summed E-state index contributed by atoms with van der Waals surface area (Å²) in [5, 5.41) is 2.97. The average Bonchev–Trinajstić information content (AvgIpc) is 3.13. The maximum atomic E-state index is 12.4. The van der Waals surface area contributed by atoms with Crippen LogP contribution in [0.15, 0.2) is 78.9 Å². The third kappa shape index (κ3) is 4.52. The van der Waals surface area contributed by atoms with Gasteiger partial charge in [-0.25, -0.2) is 0 Å². The van der Waals surface area contributed by atoms with Crippen molar-refractivity contribution in [1.29, 1.82) is 0 Å². The van der Waals surface area contributed by atoms with E-state index in [1.807, 2.05) is 54.6 Å². The number of nitrogens with one attached hydrogen (secondary N) is 1. The zero-order valence-corrected chi connectivity index (χ0v) is 15.8. The molecule has 0 unspecified atom stereocenters. The largest absolute Gasteiger partial charge is 0.493 e. The molecule has 4 heteroatoms. The van der Waals surface area contributed by atoms with Gasteiger partial charge in [0.15, 0.2) is 0 Å². The number of rotatable bonds is 7. The van der Waals surface area contributed by atoms with Crippen molar-refractivity contribution in [1.82, 2.24) is 0 Å². The number of nitrogens with zero attached hydrogens (tertiary/aromatic N) is 1. The molecule has 28 heavy (non-hydrogen) atoms. The molecule has 0 aliphatic carbocycles. The SMILES string of the molecule is O=C(CN1CCc2ccccc21)Nc1ccc(OCCc2ccccc2)cc1. The lowest BCUT2D eigenvalue weighted by atomic mass is 10.2. The lowest BCUT2D eigenvalue weighted by molar-refractivity contribution is -0.115. The van der Waals surface area contributed by atoms with Crippen LogP contribution in [0.25, 0.3) is 0 Å². The molecule has 3 aromatic carbocycles. The first-order chi connectivity index (χ1) is 13.8. The van der Waals surface area contributed by atoms with Crippen LogP contribution in [0.2, 0.25) is 0 Å². The first-order valence-electron chi connectivity index (χ1n) is 9.67. The molecule has 0 saturated heterocycles. The number of ether oxygens (including phenoxy) is 1. The number of carbonyl (C=O) groups is 1. The van der Waals surface area contributed by atoms with Crippen LogP contribution < -0.4 is 15.0 Å². The molecule has 0 aromatic heterocycles. The van der Waals surface area contributed by atoms with E-state index in [9.17, 15) is 4.79 Å². The van der Waals surface area contributed by atoms with Gasteiger partial charge in [0, 0.05) is 24.3 Å². The normalized spacial score (nSPS) is 12.5. The van der Waals surface area contributed by atoms with Gasteiger partial charge >= 0.3 is 0 Å². The van der Waals surface area contributed by atoms with Gasteiger partial charge in [-0.05, 0) is 47.9 Å². The second-order valence-corrected chi connectivity index (χ2v) is 6.96. The van der Waals surface area contributed by atoms with E-state index >= 15 is 0 Å². The summed E-state index contributed by atoms with van der Waals surface area (Å²) >= 11 is 0. The minimum absolute atomic E-state index is 0.00514. The van der Waals surface area contributed by atoms with Crippen LogP contribution in [0.5, 0.6) is 5.75 Å². The van der Waals surface area contributed by atoms with Gasteiger partial charge in [0.25, 0.3) is 0 Å². The molecule has 1 amide bonds. The lowest BCUT2D eigenvalue weighted by Crippen LogP contribution is -2.31. The molecule has 0 spiro atoms. The third-order valence-electron chi connectivity index (χ3n) is 4.96. The Labute approximate surface area is 165 Å². The molecular formula is C24H24N2O2. The van der Waals surface area contributed by atoms with E-state index < -0.39 is 0 Å². The highest BCUT2D eigenvalue weighted by molar-refractivity contribution is 5.94. The Hall–Kier alpha value is -3.27. The van der Waals surface area contributed by atoms with Gasteiger partial charge in [0.1, 0.15) is 5.75 Å². The highest BCUT2D eigenvalue weighted by Crippen LogP contribution is 2.27. The van der Waals surface area contributed by atoms with Crippen LogP contribution >= 0.6 is 0 Å². The van der Waals surface area contributed by atoms with Gasteiger partial charge < -0.3 is 15.0 Å². The molecule has 1 aliphatic rings. The highest BCUT2D eigenvalue weighted by atomic mass is 16.5. The number of anilines is 2. The van der Waals surface area contributed by atoms with Crippen molar-refractivity contribution >= 4 is 17.3 Å². The second kappa shape index (κ2) is 8.61. The molecule has 0 saturated carbocycles. The zero-order chi connectivity index (χ0) is 19.2. The maximum Gasteiger partial charge on any atom is 0.243 e. The average molecular weight is 372 g/mol. The van der Waals surface area contributed by atoms with E-state index in [0.29, 0.717) is 13.2 Å². The van der Waals surface area contributed by atoms with Crippen molar-refractivity contribution in [2.24, 2.45) is 0 Å². The number of amides is 1. The van der Waals surface area contributed by atoms with Crippen LogP contribution in [0.3, 0.4) is 0 Å². The van der Waals surface area contributed by atoms with Gasteiger partial charge in [-0.15, -0.1) is 0 Å². The molecular weight excluding hydrogens is 348 g/mol. The van der Waals surface area contributed by atoms with Crippen LogP contribution in [0.1, 0.15) is 11.1 Å². The van der Waals surface area contributed by atoms with Crippen LogP contribution in [0, 0.1) is 0 Å². The van der Waals surface area contributed by atoms with Gasteiger partial charge in [-0.2, -0.15) is 0 Å². The third-order valence-corrected chi connectivity index (χ3v) is 4.96. The van der Waals surface area contributed by atoms with Crippen LogP contribution in [-0.2, 0) is 17.6 Å². The summed E-state index contributed by atoms with van der Waals surface area (Å²) in [6, 6.07) is 26.1. The zero-order valence-electron chi connectivity index (χ0n) is 15.8. The summed E-state index contributed by atoms with van der Waals surface area (Å²) < 4.78 is 5.80. The van der Waals surface area contributed by atoms with Crippen molar-refractivity contribution in [3.63, 3.8) is 0 Å². The van der Waals surface area contributed by atoms with Gasteiger partial charge in [-0.3, -0.25) is 4.79 Å². The predicted molar refractivity (Wildman–Crippen MR) is 113 cm³/mol. The molecule has 0 atom stereocenters. The molecule has 0 fully saturated rings. The summed E-state index contributed by atoms with van der Waals surface area (Å²) in [6.45, 7) is 1.89. The summed E-state index contributed by atoms with van der Waals surface area (Å²) in [6.07, 6.45) is 1.87. The van der Waals surface area contributed by atoms with E-state index in [1.165, 1.54) is 16.8 Å². The van der Waals surface area contributed by atoms with Gasteiger partial charge in [0.2, 0.25) is 5.91 Å². The quantitative estimate of drug-likeness (QED) is 0.672. The summed E-state index contributed by atoms with van der Waals surface area (Å²) in [5.41, 5.74) is 4.52. The maximum absolute atomic E-state index is 12.4. The van der Waals surface area contributed by atoms with E-state index in [1.54, 1.807) is 0 Å². The number of para-hydroxylation sites is 1. The summed E-state index contributed by atoms with van der Waals surface area (Å²) in [7, 11) is 0. The molecule has 0 bridgehead atoms. The Morgan fingerprint density at radius 2 is 1.68 bits per heavy atom. The summed E-state index contributed by atoms with van der Waals surface area (Å²) in [4.78, 5) is 14.5. The standard InChI is InChI=1S/C24H24N2O2/c27-24(18-26-16-14-20-8-4-5-9-23(20)26)25-21-10-12-22(13-11-21)28-17-15-19-6-2-1-3-7-19/h1-13H,14-18H2,(H,25,27). The van der Waals surface area contributed by atoms with Crippen LogP contribution in [0.4, 0.5) is 11.4 Å². The smallest absolute Gasteiger partial charge is 0.243 e. The highest BCUT2D eigenvalue weighted by Gasteiger charge is 2.20. The first-order valence-corrected chi connectivity index (χ1v) is 9.67. The predicted octanol–water partition coefficient (Wildman–Crippen LogP) is 4.31. The Kier molecular flexibility index (Phi) is 5.57. The Morgan fingerprint density at radius 3 is 2.50 bits per heavy atom. The van der Waals surface area contributed by atoms with E-state index in [2.05, 4.69) is 34.5 Å². The minimum atomic E-state index is -0.00514. The Morgan fingerprint density at radius 1 is 0.929 bits per heavy atom. The molecule has 1 heterocycles. The Balaban J connectivity index is 1.26. The van der Waals surface area contributed by atoms with Crippen molar-refractivity contribution < 1.29 is 9.53 Å². The molecule has 1 N–H and O–H groups in total. The molecule has 1 aliphatic heterocycles. The number of carbonyl (C=O) groups excluding carboxylic acids is 1. The topological polar surface area (TPSA) is 41.6 Å². The van der Waals surface area contributed by atoms with Crippen molar-refractivity contribution in [3.05, 3.63) is 90.0 Å². The van der Waals surface area contributed by atoms with Crippen molar-refractivity contribution in [2.45, 2.75) is 12.8 Å². The minimum Gasteiger partial charge on any atom is -0.493 e. The molecule has 0 radical (unpaired) electrons. The van der Waals surface area contributed by atoms with Gasteiger partial charge in [-0.1, -0.05) is 48.5 Å². The van der Waals surface area contributed by atoms with E-state index in [0.717, 1.165) is 30.8 Å². The molecule has 3 aromatic rings. The van der Waals surface area contributed by atoms with E-state index in [4.69, 9.17) is 4.74 Å². The summed E-state index contributed by atoms with van der Waals surface area (Å²) in [5.74, 6) is 0.803. The van der Waals surface area contributed by atoms with Gasteiger partial charge in [0.05, 0.1) is 13.2 Å². The van der Waals surface area contributed by atoms with Crippen molar-refractivity contribution in [3.8, 4) is 5.75 Å². The fourth-order valence-electron chi connectivity index (χ4n) is 3.51. The monoisotopic (exact) mass is 372 g/mol. The number of hydrogen-bond donors (Lipinski definition) is 1. The molecule has 142 valence electrons. The molecule has 4 nitrogen and oxygen atoms in total. The van der Waals surface area contributed by atoms with Crippen LogP contribution in [-0.4, -0.2) is 25.6 Å². The van der Waals surface area contributed by atoms with Crippen molar-refractivity contribution in [2.75, 3.05) is 29.9 Å². The second-order valence-electron chi connectivity index (χ2n) is 6.96. The number of benzene rings is 3. The number of hydrogen-bond acceptors (Lipinski definition) is 3. The fourth-order valence-corrected chi connectivity index (χ4v) is 3.51. The Bertz CT molecular complexity index is 923. The van der Waals surface area contributed by atoms with E-state index in [-0.39, 0.29) is 5.91 Å². The number of fused-ring (bicyclic) bond motifs is 1.